The quantitative estimate of drug-likeness (QED) is 0.518. The van der Waals surface area contributed by atoms with Gasteiger partial charge >= 0.3 is 0 Å². The maximum absolute atomic E-state index is 4.92. The Labute approximate surface area is 55.5 Å². The third-order valence-corrected chi connectivity index (χ3v) is 1.71. The van der Waals surface area contributed by atoms with Crippen LogP contribution in [0.4, 0.5) is 0 Å². The molecule has 0 bridgehead atoms. The lowest BCUT2D eigenvalue weighted by molar-refractivity contribution is 0.105. The Bertz CT molecular complexity index is 68.7. The molecule has 3 heteroatoms. The highest BCUT2D eigenvalue weighted by Crippen LogP contribution is 2.05. The molecule has 0 aromatic rings. The fourth-order valence-electron chi connectivity index (χ4n) is 1.18. The number of hydrogen-bond acceptors (Lipinski definition) is 3. The molecule has 0 aromatic carbocycles. The third kappa shape index (κ3) is 2.30. The van der Waals surface area contributed by atoms with Crippen LogP contribution in [0.25, 0.3) is 0 Å². The van der Waals surface area contributed by atoms with Gasteiger partial charge in [0.25, 0.3) is 0 Å². The number of hydrogen-bond donors (Lipinski definition) is 2. The minimum absolute atomic E-state index is 0.503. The molecule has 1 rings (SSSR count). The van der Waals surface area contributed by atoms with Gasteiger partial charge in [-0.2, -0.15) is 0 Å². The van der Waals surface area contributed by atoms with E-state index in [-0.39, 0.29) is 0 Å². The topological polar surface area (TPSA) is 47.3 Å². The fraction of sp³-hybridized carbons (Fsp3) is 1.00. The SMILES string of the molecule is NOC[C@@H]1CCCCN1. The Morgan fingerprint density at radius 1 is 1.56 bits per heavy atom. The Balaban J connectivity index is 2.08. The summed E-state index contributed by atoms with van der Waals surface area (Å²) in [6.07, 6.45) is 3.80. The molecule has 3 nitrogen and oxygen atoms in total. The molecule has 0 radical (unpaired) electrons. The maximum Gasteiger partial charge on any atom is 0.0832 e. The lowest BCUT2D eigenvalue weighted by Gasteiger charge is -2.21. The first-order valence-corrected chi connectivity index (χ1v) is 3.48. The highest BCUT2D eigenvalue weighted by molar-refractivity contribution is 4.70. The Morgan fingerprint density at radius 2 is 2.44 bits per heavy atom. The fourth-order valence-corrected chi connectivity index (χ4v) is 1.18. The van der Waals surface area contributed by atoms with Gasteiger partial charge in [-0.05, 0) is 19.4 Å². The van der Waals surface area contributed by atoms with Crippen molar-refractivity contribution in [2.45, 2.75) is 25.3 Å². The van der Waals surface area contributed by atoms with Gasteiger partial charge in [-0.1, -0.05) is 6.42 Å². The monoisotopic (exact) mass is 130 g/mol. The van der Waals surface area contributed by atoms with E-state index in [1.165, 1.54) is 19.3 Å². The molecule has 3 N–H and O–H groups in total. The summed E-state index contributed by atoms with van der Waals surface area (Å²) in [5.41, 5.74) is 0. The predicted octanol–water partition coefficient (Wildman–Crippen LogP) is 0.0188. The van der Waals surface area contributed by atoms with E-state index in [2.05, 4.69) is 10.2 Å². The van der Waals surface area contributed by atoms with E-state index < -0.39 is 0 Å². The van der Waals surface area contributed by atoms with Crippen LogP contribution in [-0.4, -0.2) is 19.2 Å². The molecule has 0 aromatic heterocycles. The Hall–Kier alpha value is -0.120. The molecule has 0 spiro atoms. The molecule has 1 fully saturated rings. The summed E-state index contributed by atoms with van der Waals surface area (Å²) in [6, 6.07) is 0.503. The maximum atomic E-state index is 4.92. The van der Waals surface area contributed by atoms with E-state index in [9.17, 15) is 0 Å². The van der Waals surface area contributed by atoms with E-state index in [1.54, 1.807) is 0 Å². The molecule has 0 amide bonds. The summed E-state index contributed by atoms with van der Waals surface area (Å²) >= 11 is 0. The summed E-state index contributed by atoms with van der Waals surface area (Å²) in [4.78, 5) is 4.52. The van der Waals surface area contributed by atoms with Crippen LogP contribution in [-0.2, 0) is 4.84 Å². The second kappa shape index (κ2) is 3.82. The average Bonchev–Trinajstić information content (AvgIpc) is 1.91. The first-order valence-electron chi connectivity index (χ1n) is 3.48. The first-order chi connectivity index (χ1) is 4.43. The van der Waals surface area contributed by atoms with Crippen LogP contribution in [0.1, 0.15) is 19.3 Å². The molecule has 1 saturated heterocycles. The zero-order chi connectivity index (χ0) is 6.53. The van der Waals surface area contributed by atoms with Crippen LogP contribution in [0.3, 0.4) is 0 Å². The van der Waals surface area contributed by atoms with Gasteiger partial charge in [0.2, 0.25) is 0 Å². The number of rotatable bonds is 2. The van der Waals surface area contributed by atoms with Crippen molar-refractivity contribution >= 4 is 0 Å². The normalized spacial score (nSPS) is 28.3. The molecule has 1 heterocycles. The summed E-state index contributed by atoms with van der Waals surface area (Å²) < 4.78 is 0. The van der Waals surface area contributed by atoms with Crippen molar-refractivity contribution in [2.24, 2.45) is 5.90 Å². The first kappa shape index (κ1) is 6.99. The largest absolute Gasteiger partial charge is 0.312 e. The second-order valence-electron chi connectivity index (χ2n) is 2.48. The Kier molecular flexibility index (Phi) is 2.97. The molecule has 0 saturated carbocycles. The molecule has 1 aliphatic heterocycles. The summed E-state index contributed by atoms with van der Waals surface area (Å²) in [5.74, 6) is 4.92. The van der Waals surface area contributed by atoms with Gasteiger partial charge < -0.3 is 10.2 Å². The smallest absolute Gasteiger partial charge is 0.0832 e. The second-order valence-corrected chi connectivity index (χ2v) is 2.48. The molecule has 54 valence electrons. The summed E-state index contributed by atoms with van der Waals surface area (Å²) in [6.45, 7) is 1.77. The van der Waals surface area contributed by atoms with Gasteiger partial charge in [0.1, 0.15) is 0 Å². The van der Waals surface area contributed by atoms with Gasteiger partial charge in [0, 0.05) is 6.04 Å². The zero-order valence-corrected chi connectivity index (χ0v) is 5.60. The van der Waals surface area contributed by atoms with Crippen molar-refractivity contribution in [1.29, 1.82) is 0 Å². The number of nitrogens with two attached hydrogens (primary N) is 1. The van der Waals surface area contributed by atoms with Crippen molar-refractivity contribution in [3.05, 3.63) is 0 Å². The average molecular weight is 130 g/mol. The van der Waals surface area contributed by atoms with Crippen LogP contribution < -0.4 is 11.2 Å². The molecule has 1 aliphatic rings. The lowest BCUT2D eigenvalue weighted by Crippen LogP contribution is -2.38. The highest BCUT2D eigenvalue weighted by atomic mass is 16.6. The van der Waals surface area contributed by atoms with E-state index in [0.29, 0.717) is 12.6 Å². The van der Waals surface area contributed by atoms with Crippen LogP contribution in [0.2, 0.25) is 0 Å². The van der Waals surface area contributed by atoms with Crippen molar-refractivity contribution < 1.29 is 4.84 Å². The van der Waals surface area contributed by atoms with Crippen LogP contribution in [0, 0.1) is 0 Å². The minimum atomic E-state index is 0.503. The molecule has 9 heavy (non-hydrogen) atoms. The molecule has 0 aliphatic carbocycles. The van der Waals surface area contributed by atoms with Crippen molar-refractivity contribution in [2.75, 3.05) is 13.2 Å². The molecule has 1 atom stereocenters. The van der Waals surface area contributed by atoms with E-state index in [0.717, 1.165) is 6.54 Å². The van der Waals surface area contributed by atoms with E-state index in [1.807, 2.05) is 0 Å². The van der Waals surface area contributed by atoms with Crippen LogP contribution in [0.15, 0.2) is 0 Å². The number of nitrogens with one attached hydrogen (secondary N) is 1. The minimum Gasteiger partial charge on any atom is -0.312 e. The summed E-state index contributed by atoms with van der Waals surface area (Å²) in [7, 11) is 0. The van der Waals surface area contributed by atoms with Crippen molar-refractivity contribution in [3.63, 3.8) is 0 Å². The van der Waals surface area contributed by atoms with Crippen LogP contribution in [0.5, 0.6) is 0 Å². The van der Waals surface area contributed by atoms with E-state index >= 15 is 0 Å². The number of piperidine rings is 1. The van der Waals surface area contributed by atoms with Crippen LogP contribution >= 0.6 is 0 Å². The standard InChI is InChI=1S/C6H14N2O/c7-9-5-6-3-1-2-4-8-6/h6,8H,1-5,7H2/t6-/m0/s1. The Morgan fingerprint density at radius 3 is 3.00 bits per heavy atom. The van der Waals surface area contributed by atoms with E-state index in [4.69, 9.17) is 5.90 Å². The zero-order valence-electron chi connectivity index (χ0n) is 5.60. The van der Waals surface area contributed by atoms with Gasteiger partial charge in [0.15, 0.2) is 0 Å². The van der Waals surface area contributed by atoms with Gasteiger partial charge in [0.05, 0.1) is 6.61 Å². The summed E-state index contributed by atoms with van der Waals surface area (Å²) in [5, 5.41) is 3.32. The predicted molar refractivity (Wildman–Crippen MR) is 35.8 cm³/mol. The van der Waals surface area contributed by atoms with Gasteiger partial charge in [-0.25, -0.2) is 5.90 Å². The molecular weight excluding hydrogens is 116 g/mol. The molecular formula is C6H14N2O. The lowest BCUT2D eigenvalue weighted by atomic mass is 10.1. The van der Waals surface area contributed by atoms with Gasteiger partial charge in [-0.3, -0.25) is 0 Å². The van der Waals surface area contributed by atoms with Crippen molar-refractivity contribution in [1.82, 2.24) is 5.32 Å². The van der Waals surface area contributed by atoms with Gasteiger partial charge in [-0.15, -0.1) is 0 Å². The molecule has 0 unspecified atom stereocenters. The third-order valence-electron chi connectivity index (χ3n) is 1.71. The van der Waals surface area contributed by atoms with Crippen molar-refractivity contribution in [3.8, 4) is 0 Å². The highest BCUT2D eigenvalue weighted by Gasteiger charge is 2.10.